The van der Waals surface area contributed by atoms with E-state index in [0.717, 1.165) is 6.07 Å². The van der Waals surface area contributed by atoms with Crippen LogP contribution in [0.5, 0.6) is 0 Å². The van der Waals surface area contributed by atoms with Crippen LogP contribution >= 0.6 is 11.6 Å². The molecule has 1 saturated heterocycles. The van der Waals surface area contributed by atoms with Gasteiger partial charge in [-0.25, -0.2) is 22.8 Å². The first-order valence-electron chi connectivity index (χ1n) is 7.41. The van der Waals surface area contributed by atoms with Crippen LogP contribution in [0, 0.1) is 17.5 Å². The Labute approximate surface area is 145 Å². The Morgan fingerprint density at radius 3 is 2.60 bits per heavy atom. The first-order valence-corrected chi connectivity index (χ1v) is 7.79. The topological polar surface area (TPSA) is 43.2 Å². The summed E-state index contributed by atoms with van der Waals surface area (Å²) in [5, 5.41) is 4.43. The second kappa shape index (κ2) is 5.86. The molecule has 1 aliphatic rings. The van der Waals surface area contributed by atoms with E-state index in [-0.39, 0.29) is 12.1 Å². The first-order chi connectivity index (χ1) is 12.0. The average Bonchev–Trinajstić information content (AvgIpc) is 3.04. The molecule has 128 valence electrons. The number of rotatable bonds is 4. The summed E-state index contributed by atoms with van der Waals surface area (Å²) in [6.45, 7) is 0.0743. The van der Waals surface area contributed by atoms with Gasteiger partial charge in [0.1, 0.15) is 30.2 Å². The maximum absolute atomic E-state index is 14.4. The van der Waals surface area contributed by atoms with Gasteiger partial charge in [0.05, 0.1) is 6.54 Å². The van der Waals surface area contributed by atoms with Crippen molar-refractivity contribution in [1.29, 1.82) is 0 Å². The molecular formula is C17H11ClF3N3O. The van der Waals surface area contributed by atoms with E-state index in [9.17, 15) is 13.2 Å². The van der Waals surface area contributed by atoms with Crippen molar-refractivity contribution in [2.24, 2.45) is 0 Å². The monoisotopic (exact) mass is 365 g/mol. The number of halogens is 4. The van der Waals surface area contributed by atoms with Crippen molar-refractivity contribution in [3.63, 3.8) is 0 Å². The first kappa shape index (κ1) is 16.1. The number of hydrogen-bond acceptors (Lipinski definition) is 3. The van der Waals surface area contributed by atoms with Crippen LogP contribution in [-0.2, 0) is 16.9 Å². The van der Waals surface area contributed by atoms with Crippen molar-refractivity contribution in [2.75, 3.05) is 0 Å². The fraction of sp³-hybridized carbons (Fsp3) is 0.176. The molecule has 4 nitrogen and oxygen atoms in total. The van der Waals surface area contributed by atoms with Gasteiger partial charge in [0.15, 0.2) is 11.6 Å². The van der Waals surface area contributed by atoms with Crippen LogP contribution in [0.25, 0.3) is 0 Å². The summed E-state index contributed by atoms with van der Waals surface area (Å²) in [6, 6.07) is 8.28. The standard InChI is InChI=1S/C17H11ClF3N3O/c18-12-4-2-1-3-10(12)16-17(25-16,7-24-9-22-8-23-24)11-5-14(20)15(21)6-13(11)19/h1-6,8-9,16H,7H2/t16-,17-/m1/s1. The molecule has 0 spiro atoms. The molecule has 0 amide bonds. The van der Waals surface area contributed by atoms with Gasteiger partial charge in [-0.05, 0) is 12.1 Å². The summed E-state index contributed by atoms with van der Waals surface area (Å²) in [7, 11) is 0. The zero-order valence-electron chi connectivity index (χ0n) is 12.7. The molecule has 4 rings (SSSR count). The van der Waals surface area contributed by atoms with Crippen molar-refractivity contribution in [3.8, 4) is 0 Å². The Balaban J connectivity index is 1.82. The highest BCUT2D eigenvalue weighted by Crippen LogP contribution is 2.59. The highest BCUT2D eigenvalue weighted by Gasteiger charge is 2.61. The zero-order valence-corrected chi connectivity index (χ0v) is 13.4. The number of ether oxygens (including phenoxy) is 1. The Kier molecular flexibility index (Phi) is 3.77. The van der Waals surface area contributed by atoms with E-state index in [4.69, 9.17) is 16.3 Å². The third-order valence-corrected chi connectivity index (χ3v) is 4.56. The third-order valence-electron chi connectivity index (χ3n) is 4.21. The molecule has 2 heterocycles. The Bertz CT molecular complexity index is 935. The number of epoxide rings is 1. The molecule has 2 atom stereocenters. The van der Waals surface area contributed by atoms with E-state index < -0.39 is 29.2 Å². The number of benzene rings is 2. The highest BCUT2D eigenvalue weighted by atomic mass is 35.5. The molecule has 0 unspecified atom stereocenters. The van der Waals surface area contributed by atoms with E-state index in [2.05, 4.69) is 10.1 Å². The lowest BCUT2D eigenvalue weighted by Gasteiger charge is -2.15. The van der Waals surface area contributed by atoms with Gasteiger partial charge < -0.3 is 4.74 Å². The molecule has 1 aromatic heterocycles. The molecule has 0 aliphatic carbocycles. The largest absolute Gasteiger partial charge is 0.354 e. The second-order valence-corrected chi connectivity index (χ2v) is 6.16. The molecule has 1 fully saturated rings. The molecule has 8 heteroatoms. The van der Waals surface area contributed by atoms with Crippen LogP contribution < -0.4 is 0 Å². The average molecular weight is 366 g/mol. The minimum Gasteiger partial charge on any atom is -0.354 e. The van der Waals surface area contributed by atoms with Crippen molar-refractivity contribution >= 4 is 11.6 Å². The van der Waals surface area contributed by atoms with E-state index in [1.54, 1.807) is 24.3 Å². The molecule has 0 bridgehead atoms. The zero-order chi connectivity index (χ0) is 17.6. The lowest BCUT2D eigenvalue weighted by atomic mass is 9.91. The van der Waals surface area contributed by atoms with Crippen molar-refractivity contribution < 1.29 is 17.9 Å². The summed E-state index contributed by atoms with van der Waals surface area (Å²) < 4.78 is 48.7. The fourth-order valence-corrected chi connectivity index (χ4v) is 3.23. The van der Waals surface area contributed by atoms with Gasteiger partial charge in [0.25, 0.3) is 0 Å². The van der Waals surface area contributed by atoms with E-state index in [0.29, 0.717) is 16.7 Å². The Hall–Kier alpha value is -2.38. The van der Waals surface area contributed by atoms with Gasteiger partial charge in [-0.3, -0.25) is 0 Å². The normalized spacial score (nSPS) is 22.2. The third kappa shape index (κ3) is 2.69. The summed E-state index contributed by atoms with van der Waals surface area (Å²) in [5.74, 6) is -3.30. The van der Waals surface area contributed by atoms with Crippen LogP contribution in [0.2, 0.25) is 5.02 Å². The molecule has 3 aromatic rings. The summed E-state index contributed by atoms with van der Waals surface area (Å²) in [5.41, 5.74) is -0.711. The molecule has 0 radical (unpaired) electrons. The molecular weight excluding hydrogens is 355 g/mol. The highest BCUT2D eigenvalue weighted by molar-refractivity contribution is 6.31. The van der Waals surface area contributed by atoms with Crippen molar-refractivity contribution in [1.82, 2.24) is 14.8 Å². The second-order valence-electron chi connectivity index (χ2n) is 5.75. The minimum absolute atomic E-state index is 0.0743. The lowest BCUT2D eigenvalue weighted by Crippen LogP contribution is -2.21. The Morgan fingerprint density at radius 1 is 1.12 bits per heavy atom. The fourth-order valence-electron chi connectivity index (χ4n) is 2.99. The van der Waals surface area contributed by atoms with E-state index in [1.165, 1.54) is 17.3 Å². The van der Waals surface area contributed by atoms with Gasteiger partial charge in [-0.2, -0.15) is 5.10 Å². The minimum atomic E-state index is -1.26. The summed E-state index contributed by atoms with van der Waals surface area (Å²) in [6.07, 6.45) is 2.14. The van der Waals surface area contributed by atoms with Crippen LogP contribution in [-0.4, -0.2) is 14.8 Å². The maximum Gasteiger partial charge on any atom is 0.161 e. The van der Waals surface area contributed by atoms with E-state index >= 15 is 0 Å². The lowest BCUT2D eigenvalue weighted by molar-refractivity contribution is 0.255. The van der Waals surface area contributed by atoms with Gasteiger partial charge >= 0.3 is 0 Å². The molecule has 0 N–H and O–H groups in total. The van der Waals surface area contributed by atoms with Crippen LogP contribution in [0.4, 0.5) is 13.2 Å². The molecule has 1 aliphatic heterocycles. The predicted octanol–water partition coefficient (Wildman–Crippen LogP) is 4.02. The maximum atomic E-state index is 14.4. The van der Waals surface area contributed by atoms with Gasteiger partial charge in [-0.15, -0.1) is 0 Å². The molecule has 25 heavy (non-hydrogen) atoms. The van der Waals surface area contributed by atoms with Gasteiger partial charge in [0, 0.05) is 22.2 Å². The predicted molar refractivity (Wildman–Crippen MR) is 83.3 cm³/mol. The summed E-state index contributed by atoms with van der Waals surface area (Å²) in [4.78, 5) is 3.84. The molecule has 2 aromatic carbocycles. The number of nitrogens with zero attached hydrogens (tertiary/aromatic N) is 3. The SMILES string of the molecule is Fc1cc(F)c([C@@]2(Cn3cncn3)O[C@@H]2c2ccccc2Cl)cc1F. The van der Waals surface area contributed by atoms with Crippen molar-refractivity contribution in [3.05, 3.63) is 82.7 Å². The summed E-state index contributed by atoms with van der Waals surface area (Å²) >= 11 is 6.21. The van der Waals surface area contributed by atoms with Crippen LogP contribution in [0.1, 0.15) is 17.2 Å². The number of aromatic nitrogens is 3. The quantitative estimate of drug-likeness (QED) is 0.518. The molecule has 0 saturated carbocycles. The Morgan fingerprint density at radius 2 is 1.88 bits per heavy atom. The van der Waals surface area contributed by atoms with E-state index in [1.807, 2.05) is 0 Å². The van der Waals surface area contributed by atoms with Crippen LogP contribution in [0.15, 0.2) is 49.1 Å². The van der Waals surface area contributed by atoms with Crippen LogP contribution in [0.3, 0.4) is 0 Å². The van der Waals surface area contributed by atoms with Gasteiger partial charge in [-0.1, -0.05) is 29.8 Å². The van der Waals surface area contributed by atoms with Gasteiger partial charge in [0.2, 0.25) is 0 Å². The van der Waals surface area contributed by atoms with Crippen molar-refractivity contribution in [2.45, 2.75) is 18.2 Å². The smallest absolute Gasteiger partial charge is 0.161 e. The number of hydrogen-bond donors (Lipinski definition) is 0.